The number of unbranched alkanes of at least 4 members (excludes halogenated alkanes) is 14. The predicted octanol–water partition coefficient (Wildman–Crippen LogP) is 9.22. The van der Waals surface area contributed by atoms with Crippen molar-refractivity contribution >= 4 is 82.6 Å². The first-order valence-electron chi connectivity index (χ1n) is 15.4. The summed E-state index contributed by atoms with van der Waals surface area (Å²) in [5.74, 6) is -1.48. The molecule has 1 aliphatic rings. The molecule has 18 heteroatoms. The van der Waals surface area contributed by atoms with Gasteiger partial charge in [0.1, 0.15) is 10.7 Å². The van der Waals surface area contributed by atoms with Crippen LogP contribution in [0.15, 0.2) is 3.79 Å². The molecule has 1 radical (unpaired) electrons. The molecule has 9 nitrogen and oxygen atoms in total. The van der Waals surface area contributed by atoms with Crippen LogP contribution in [0.25, 0.3) is 0 Å². The van der Waals surface area contributed by atoms with Crippen LogP contribution in [0.4, 0.5) is 4.70 Å². The molecule has 0 unspecified atom stereocenters. The Morgan fingerprint density at radius 2 is 1.30 bits per heavy atom. The maximum absolute atomic E-state index is 12.1. The molecule has 1 saturated heterocycles. The van der Waals surface area contributed by atoms with E-state index in [1.807, 2.05) is 23.5 Å². The summed E-state index contributed by atoms with van der Waals surface area (Å²) in [6.45, 7) is 0.577. The SMILES string of the molecule is CSSC1(O)SSC(N[C@@H](CCCCNC(=O)CCCCCCCCCCCCCCCCC(=O)O)C(=O)O)SS1.F.[CH2-][N]=[V].[HH].[Y]. The van der Waals surface area contributed by atoms with Gasteiger partial charge in [-0.15, -0.1) is 0 Å². The zero-order valence-corrected chi connectivity index (χ0v) is 36.0. The Hall–Kier alpha value is 1.85. The van der Waals surface area contributed by atoms with Crippen molar-refractivity contribution in [2.75, 3.05) is 12.8 Å². The molecule has 1 fully saturated rings. The molecule has 0 aromatic carbocycles. The Bertz CT molecular complexity index is 790. The minimum absolute atomic E-state index is 0. The van der Waals surface area contributed by atoms with Gasteiger partial charge in [-0.3, -0.25) is 24.4 Å². The number of hydrogen-bond acceptors (Lipinski definition) is 12. The first kappa shape index (κ1) is 52.2. The van der Waals surface area contributed by atoms with E-state index < -0.39 is 21.6 Å². The van der Waals surface area contributed by atoms with Crippen LogP contribution >= 0.6 is 64.8 Å². The van der Waals surface area contributed by atoms with Crippen molar-refractivity contribution in [2.45, 2.75) is 136 Å². The minimum atomic E-state index is -0.932. The number of carbonyl (C=O) groups is 3. The van der Waals surface area contributed by atoms with Gasteiger partial charge < -0.3 is 20.6 Å². The predicted molar refractivity (Wildman–Crippen MR) is 196 cm³/mol. The average molecular weight is 881 g/mol. The van der Waals surface area contributed by atoms with Gasteiger partial charge in [-0.25, -0.2) is 0 Å². The summed E-state index contributed by atoms with van der Waals surface area (Å²) < 4.78 is 2.14. The van der Waals surface area contributed by atoms with E-state index in [0.29, 0.717) is 32.2 Å². The Kier molecular flexibility index (Phi) is 41.6. The van der Waals surface area contributed by atoms with Crippen LogP contribution < -0.4 is 10.6 Å². The fourth-order valence-electron chi connectivity index (χ4n) is 4.34. The van der Waals surface area contributed by atoms with Crippen LogP contribution in [-0.2, 0) is 64.3 Å². The molecule has 0 spiro atoms. The molecule has 0 aliphatic carbocycles. The monoisotopic (exact) mass is 880 g/mol. The van der Waals surface area contributed by atoms with Gasteiger partial charge >= 0.3 is 40.0 Å². The second-order valence-electron chi connectivity index (χ2n) is 10.4. The maximum Gasteiger partial charge on any atom is 0 e. The van der Waals surface area contributed by atoms with Gasteiger partial charge in [-0.1, -0.05) is 109 Å². The number of nitrogens with one attached hydrogen (secondary N) is 2. The van der Waals surface area contributed by atoms with Gasteiger partial charge in [0.05, 0.1) is 0 Å². The fourth-order valence-corrected chi connectivity index (χ4v) is 15.6. The van der Waals surface area contributed by atoms with Crippen molar-refractivity contribution in [3.8, 4) is 0 Å². The van der Waals surface area contributed by atoms with Crippen LogP contribution in [-0.4, -0.2) is 60.3 Å². The molecule has 1 rings (SSSR count). The second-order valence-corrected chi connectivity index (χ2v) is 19.5. The first-order chi connectivity index (χ1) is 21.2. The van der Waals surface area contributed by atoms with Crippen molar-refractivity contribution in [3.63, 3.8) is 0 Å². The van der Waals surface area contributed by atoms with E-state index in [0.717, 1.165) is 38.5 Å². The average Bonchev–Trinajstić information content (AvgIpc) is 2.97. The van der Waals surface area contributed by atoms with Crippen molar-refractivity contribution < 1.29 is 85.8 Å². The van der Waals surface area contributed by atoms with E-state index in [1.165, 1.54) is 123 Å². The molecule has 0 aromatic rings. The number of hydrogen-bond donors (Lipinski definition) is 5. The number of amides is 1. The number of carbonyl (C=O) groups excluding carboxylic acids is 1. The Labute approximate surface area is 335 Å². The van der Waals surface area contributed by atoms with Gasteiger partial charge in [0.2, 0.25) is 9.50 Å². The maximum atomic E-state index is 12.1. The third kappa shape index (κ3) is 33.0. The minimum Gasteiger partial charge on any atom is 0 e. The molecule has 0 saturated carbocycles. The number of aliphatic hydroxyl groups is 1. The molecule has 1 heterocycles. The van der Waals surface area contributed by atoms with Crippen molar-refractivity contribution in [3.05, 3.63) is 7.05 Å². The summed E-state index contributed by atoms with van der Waals surface area (Å²) in [4.78, 5) is 34.2. The summed E-state index contributed by atoms with van der Waals surface area (Å²) in [7, 11) is 11.6. The standard InChI is InChI=1S/C27H50N2O6S6.CH2N.FH.V.Y.H2/c1-36-39-27(35)40-37-26(38-41-27)29-22(25(33)34)18-16-17-21-28-23(30)19-14-12-10-8-6-4-2-3-5-7-9-11-13-15-20-24(31)32;1-2;;;;/h22,26,29,35H,2-21H2,1H3,(H,28,30)(H,31,32)(H,33,34);1H2;1H;;;1H/q;-1;;;;/t22-,26?,27?;;;;;/m0...../s1. The number of halogens is 1. The molecule has 1 aliphatic heterocycles. The third-order valence-electron chi connectivity index (χ3n) is 6.59. The van der Waals surface area contributed by atoms with Gasteiger partial charge in [0.15, 0.2) is 0 Å². The van der Waals surface area contributed by atoms with Crippen LogP contribution in [0.1, 0.15) is 123 Å². The van der Waals surface area contributed by atoms with E-state index in [4.69, 9.17) is 5.11 Å². The Morgan fingerprint density at radius 3 is 1.72 bits per heavy atom. The zero-order chi connectivity index (χ0) is 32.9. The van der Waals surface area contributed by atoms with Gasteiger partial charge in [0, 0.05) is 53.5 Å². The molecule has 46 heavy (non-hydrogen) atoms. The zero-order valence-electron chi connectivity index (χ0n) is 26.9. The second kappa shape index (κ2) is 36.6. The Balaban J connectivity index is -0.00000148. The summed E-state index contributed by atoms with van der Waals surface area (Å²) >= 11 is 1.98. The van der Waals surface area contributed by atoms with E-state index in [1.54, 1.807) is 0 Å². The number of rotatable bonds is 27. The molecule has 0 aromatic heterocycles. The summed E-state index contributed by atoms with van der Waals surface area (Å²) in [5, 5.41) is 34.7. The summed E-state index contributed by atoms with van der Waals surface area (Å²) in [6.07, 6.45) is 21.1. The Morgan fingerprint density at radius 1 is 0.870 bits per heavy atom. The number of carboxylic acid groups (broad SMARTS) is 2. The van der Waals surface area contributed by atoms with Gasteiger partial charge in [-0.2, -0.15) is 0 Å². The third-order valence-corrected chi connectivity index (χ3v) is 17.3. The van der Waals surface area contributed by atoms with E-state index in [2.05, 4.69) is 21.5 Å². The van der Waals surface area contributed by atoms with Crippen LogP contribution in [0.5, 0.6) is 0 Å². The largest absolute Gasteiger partial charge is 0 e. The van der Waals surface area contributed by atoms with E-state index in [-0.39, 0.29) is 49.5 Å². The topological polar surface area (TPSA) is 148 Å². The summed E-state index contributed by atoms with van der Waals surface area (Å²) in [6, 6.07) is -0.649. The number of aliphatic carboxylic acids is 2. The number of carboxylic acids is 2. The van der Waals surface area contributed by atoms with E-state index in [9.17, 15) is 24.6 Å². The molecule has 1 amide bonds. The molecule has 1 atom stereocenters. The van der Waals surface area contributed by atoms with Gasteiger partial charge in [0.25, 0.3) is 0 Å². The van der Waals surface area contributed by atoms with Crippen LogP contribution in [0.3, 0.4) is 0 Å². The van der Waals surface area contributed by atoms with Crippen LogP contribution in [0.2, 0.25) is 0 Å². The molecular weight excluding hydrogens is 826 g/mol. The van der Waals surface area contributed by atoms with Crippen LogP contribution in [0, 0.1) is 7.05 Å². The van der Waals surface area contributed by atoms with Crippen molar-refractivity contribution in [1.82, 2.24) is 10.6 Å². The molecule has 5 N–H and O–H groups in total. The normalized spacial score (nSPS) is 17.7. The molecule has 0 bridgehead atoms. The molecule has 270 valence electrons. The molecular formula is C28H55FN3O6S6VY-. The summed E-state index contributed by atoms with van der Waals surface area (Å²) in [5.41, 5.74) is 0. The van der Waals surface area contributed by atoms with Gasteiger partial charge in [-0.05, 0) is 70.7 Å². The fraction of sp³-hybridized carbons (Fsp3) is 0.857. The quantitative estimate of drug-likeness (QED) is 0.0231. The van der Waals surface area contributed by atoms with E-state index >= 15 is 0 Å². The van der Waals surface area contributed by atoms with Crippen molar-refractivity contribution in [2.24, 2.45) is 3.79 Å². The van der Waals surface area contributed by atoms with Crippen molar-refractivity contribution in [1.29, 1.82) is 0 Å². The smallest absolute Gasteiger partial charge is 0 e. The number of nitrogens with zero attached hydrogens (tertiary/aromatic N) is 1. The first-order valence-corrected chi connectivity index (χ1v) is 23.0.